The van der Waals surface area contributed by atoms with E-state index in [1.807, 2.05) is 26.0 Å². The molecule has 4 nitrogen and oxygen atoms in total. The third-order valence-corrected chi connectivity index (χ3v) is 3.49. The molecule has 0 atom stereocenters. The van der Waals surface area contributed by atoms with E-state index in [9.17, 15) is 4.79 Å². The van der Waals surface area contributed by atoms with E-state index in [0.29, 0.717) is 18.0 Å². The first kappa shape index (κ1) is 26.3. The Morgan fingerprint density at radius 2 is 1.79 bits per heavy atom. The molecule has 0 saturated heterocycles. The molecule has 24 heavy (non-hydrogen) atoms. The smallest absolute Gasteiger partial charge is 0.579 e. The van der Waals surface area contributed by atoms with Crippen molar-refractivity contribution in [3.05, 3.63) is 41.5 Å². The average Bonchev–Trinajstić information content (AvgIpc) is 3.31. The summed E-state index contributed by atoms with van der Waals surface area (Å²) in [6, 6.07) is 0. The van der Waals surface area contributed by atoms with Gasteiger partial charge in [-0.1, -0.05) is 40.7 Å². The molecule has 1 fully saturated rings. The summed E-state index contributed by atoms with van der Waals surface area (Å²) in [6.45, 7) is 15.5. The van der Waals surface area contributed by atoms with Crippen LogP contribution in [0.25, 0.3) is 5.84 Å². The molecule has 0 unspecified atom stereocenters. The molecule has 1 heterocycles. The number of carbonyl (C=O) groups is 1. The van der Waals surface area contributed by atoms with Gasteiger partial charge in [-0.3, -0.25) is 4.79 Å². The van der Waals surface area contributed by atoms with E-state index in [2.05, 4.69) is 20.4 Å². The van der Waals surface area contributed by atoms with Gasteiger partial charge in [0.2, 0.25) is 0 Å². The van der Waals surface area contributed by atoms with Crippen molar-refractivity contribution in [3.8, 4) is 0 Å². The summed E-state index contributed by atoms with van der Waals surface area (Å²) in [4.78, 5) is 11.2. The van der Waals surface area contributed by atoms with Gasteiger partial charge in [0.25, 0.3) is 0 Å². The van der Waals surface area contributed by atoms with Crippen LogP contribution in [0.5, 0.6) is 0 Å². The molecular weight excluding hydrogens is 327 g/mol. The normalized spacial score (nSPS) is 16.5. The summed E-state index contributed by atoms with van der Waals surface area (Å²) in [5, 5.41) is 10.4. The number of hydrogen-bond acceptors (Lipinski definition) is 2. The van der Waals surface area contributed by atoms with Gasteiger partial charge < -0.3 is 16.0 Å². The summed E-state index contributed by atoms with van der Waals surface area (Å²) >= 11 is 0. The zero-order valence-corrected chi connectivity index (χ0v) is 19.7. The Kier molecular flexibility index (Phi) is 13.6. The van der Waals surface area contributed by atoms with Crippen LogP contribution in [0, 0.1) is 11.3 Å². The molecular formula is C19H33KN2O2. The standard InChI is InChI=1S/C14H19N2O2.C3H8.C2H6.K/c1-9-6-11(10-4-5-10)7-12(16(9)15)8-14(2,3)13(17)18;1-3-2;1-2;/h6-7,10,15H,1,4-5,8H2,2-3H3,(H,17,18);3H2,1-2H3;1-2H3;/q-1;;;+1. The summed E-state index contributed by atoms with van der Waals surface area (Å²) in [6.07, 6.45) is 7.85. The molecule has 5 heteroatoms. The van der Waals surface area contributed by atoms with Crippen LogP contribution in [0.3, 0.4) is 0 Å². The van der Waals surface area contributed by atoms with Crippen molar-refractivity contribution < 1.29 is 61.3 Å². The number of carboxylic acids is 1. The monoisotopic (exact) mass is 360 g/mol. The van der Waals surface area contributed by atoms with Crippen LogP contribution in [0.15, 0.2) is 35.7 Å². The number of rotatable bonds is 4. The van der Waals surface area contributed by atoms with E-state index in [-0.39, 0.29) is 51.4 Å². The fourth-order valence-electron chi connectivity index (χ4n) is 2.05. The second-order valence-electron chi connectivity index (χ2n) is 6.45. The molecule has 0 bridgehead atoms. The maximum atomic E-state index is 11.2. The van der Waals surface area contributed by atoms with Crippen molar-refractivity contribution in [1.29, 1.82) is 0 Å². The molecule has 132 valence electrons. The molecule has 1 aliphatic carbocycles. The maximum absolute atomic E-state index is 11.2. The third-order valence-electron chi connectivity index (χ3n) is 3.49. The fourth-order valence-corrected chi connectivity index (χ4v) is 2.05. The van der Waals surface area contributed by atoms with Gasteiger partial charge in [-0.05, 0) is 50.3 Å². The number of aliphatic carboxylic acids is 1. The van der Waals surface area contributed by atoms with Gasteiger partial charge in [0, 0.05) is 17.8 Å². The van der Waals surface area contributed by atoms with Crippen LogP contribution in [-0.2, 0) is 4.79 Å². The van der Waals surface area contributed by atoms with Crippen molar-refractivity contribution in [1.82, 2.24) is 5.01 Å². The van der Waals surface area contributed by atoms with Crippen LogP contribution in [-0.4, -0.2) is 16.1 Å². The van der Waals surface area contributed by atoms with Crippen LogP contribution in [0.4, 0.5) is 0 Å². The molecule has 2 N–H and O–H groups in total. The number of hydrogen-bond donors (Lipinski definition) is 1. The first-order valence-corrected chi connectivity index (χ1v) is 8.58. The molecule has 0 aromatic carbocycles. The SMILES string of the molecule is C=C1C=C(C2CC2)C=C(CC(C)(C)C(=O)O)N1[NH-].CC.CCC.[K+]. The van der Waals surface area contributed by atoms with Crippen LogP contribution >= 0.6 is 0 Å². The number of allylic oxidation sites excluding steroid dienone is 4. The van der Waals surface area contributed by atoms with E-state index < -0.39 is 11.4 Å². The quantitative estimate of drug-likeness (QED) is 0.784. The molecule has 1 saturated carbocycles. The predicted octanol–water partition coefficient (Wildman–Crippen LogP) is 2.95. The predicted molar refractivity (Wildman–Crippen MR) is 97.5 cm³/mol. The van der Waals surface area contributed by atoms with E-state index in [1.54, 1.807) is 13.8 Å². The zero-order chi connectivity index (χ0) is 18.2. The van der Waals surface area contributed by atoms with Crippen molar-refractivity contribution >= 4 is 5.97 Å². The second kappa shape index (κ2) is 12.4. The Balaban J connectivity index is 0. The van der Waals surface area contributed by atoms with Gasteiger partial charge in [-0.15, -0.1) is 0 Å². The Morgan fingerprint density at radius 3 is 2.17 bits per heavy atom. The number of nitrogens with one attached hydrogen (secondary N) is 1. The average molecular weight is 361 g/mol. The summed E-state index contributed by atoms with van der Waals surface area (Å²) in [5.41, 5.74) is 1.67. The summed E-state index contributed by atoms with van der Waals surface area (Å²) in [5.74, 6) is 7.67. The largest absolute Gasteiger partial charge is 1.00 e. The summed E-state index contributed by atoms with van der Waals surface area (Å²) < 4.78 is 0. The molecule has 1 aliphatic heterocycles. The number of carboxylic acid groups (broad SMARTS) is 1. The Morgan fingerprint density at radius 1 is 1.33 bits per heavy atom. The Hall–Kier alpha value is 0.0864. The van der Waals surface area contributed by atoms with Crippen molar-refractivity contribution in [2.45, 2.75) is 67.2 Å². The van der Waals surface area contributed by atoms with Gasteiger partial charge in [-0.25, -0.2) is 0 Å². The minimum Gasteiger partial charge on any atom is -0.579 e. The van der Waals surface area contributed by atoms with Crippen LogP contribution in [0.1, 0.15) is 67.2 Å². The van der Waals surface area contributed by atoms with Crippen molar-refractivity contribution in [3.63, 3.8) is 0 Å². The molecule has 0 radical (unpaired) electrons. The molecule has 0 aromatic heterocycles. The molecule has 0 amide bonds. The molecule has 0 aromatic rings. The number of nitrogens with zero attached hydrogens (tertiary/aromatic N) is 1. The first-order valence-electron chi connectivity index (χ1n) is 8.58. The van der Waals surface area contributed by atoms with Gasteiger partial charge >= 0.3 is 57.4 Å². The molecule has 0 spiro atoms. The minimum absolute atomic E-state index is 0. The summed E-state index contributed by atoms with van der Waals surface area (Å²) in [7, 11) is 0. The van der Waals surface area contributed by atoms with Crippen molar-refractivity contribution in [2.75, 3.05) is 0 Å². The van der Waals surface area contributed by atoms with E-state index in [1.165, 1.54) is 29.8 Å². The first-order chi connectivity index (χ1) is 10.7. The fraction of sp³-hybridized carbons (Fsp3) is 0.632. The molecule has 2 rings (SSSR count). The Labute approximate surface area is 190 Å². The van der Waals surface area contributed by atoms with Gasteiger partial charge in [0.1, 0.15) is 0 Å². The topological polar surface area (TPSA) is 64.3 Å². The van der Waals surface area contributed by atoms with E-state index in [4.69, 9.17) is 10.9 Å². The van der Waals surface area contributed by atoms with E-state index >= 15 is 0 Å². The molecule has 2 aliphatic rings. The van der Waals surface area contributed by atoms with E-state index in [0.717, 1.165) is 5.70 Å². The second-order valence-corrected chi connectivity index (χ2v) is 6.45. The maximum Gasteiger partial charge on any atom is 1.00 e. The van der Waals surface area contributed by atoms with Gasteiger partial charge in [0.05, 0.1) is 5.41 Å². The van der Waals surface area contributed by atoms with Crippen LogP contribution in [0.2, 0.25) is 0 Å². The van der Waals surface area contributed by atoms with Gasteiger partial charge in [0.15, 0.2) is 0 Å². The van der Waals surface area contributed by atoms with Crippen molar-refractivity contribution in [2.24, 2.45) is 11.3 Å². The van der Waals surface area contributed by atoms with Gasteiger partial charge in [-0.2, -0.15) is 0 Å². The van der Waals surface area contributed by atoms with Crippen LogP contribution < -0.4 is 51.4 Å². The zero-order valence-electron chi connectivity index (χ0n) is 16.6. The Bertz CT molecular complexity index is 478. The minimum atomic E-state index is -0.864. The third kappa shape index (κ3) is 8.45.